The van der Waals surface area contributed by atoms with Crippen LogP contribution < -0.4 is 0 Å². The number of hydrogen-bond donors (Lipinski definition) is 1. The van der Waals surface area contributed by atoms with Crippen LogP contribution in [0.15, 0.2) is 12.2 Å². The lowest BCUT2D eigenvalue weighted by Gasteiger charge is -2.01. The Kier molecular flexibility index (Phi) is 5.57. The number of rotatable bonds is 4. The van der Waals surface area contributed by atoms with Crippen molar-refractivity contribution in [1.29, 1.82) is 0 Å². The second-order valence-corrected chi connectivity index (χ2v) is 1.87. The average Bonchev–Trinajstić information content (AvgIpc) is 1.85. The van der Waals surface area contributed by atoms with Crippen LogP contribution in [0.5, 0.6) is 0 Å². The molecule has 54 valence electrons. The second-order valence-electron chi connectivity index (χ2n) is 1.87. The Balaban J connectivity index is 3.15. The molecule has 0 aromatic carbocycles. The monoisotopic (exact) mass is 130 g/mol. The zero-order valence-corrected chi connectivity index (χ0v) is 6.00. The Morgan fingerprint density at radius 3 is 2.78 bits per heavy atom. The van der Waals surface area contributed by atoms with E-state index in [-0.39, 0.29) is 6.10 Å². The molecule has 1 atom stereocenters. The van der Waals surface area contributed by atoms with Gasteiger partial charge in [-0.2, -0.15) is 0 Å². The van der Waals surface area contributed by atoms with E-state index in [4.69, 9.17) is 9.84 Å². The summed E-state index contributed by atoms with van der Waals surface area (Å²) in [5.41, 5.74) is 0. The van der Waals surface area contributed by atoms with Gasteiger partial charge in [0.25, 0.3) is 0 Å². The first kappa shape index (κ1) is 8.66. The van der Waals surface area contributed by atoms with Gasteiger partial charge in [-0.1, -0.05) is 12.2 Å². The normalized spacial score (nSPS) is 14.6. The minimum atomic E-state index is -0.338. The number of hydrogen-bond acceptors (Lipinski definition) is 2. The lowest BCUT2D eigenvalue weighted by atomic mass is 10.2. The van der Waals surface area contributed by atoms with Crippen LogP contribution in [0, 0.1) is 0 Å². The van der Waals surface area contributed by atoms with Gasteiger partial charge in [0.05, 0.1) is 6.10 Å². The van der Waals surface area contributed by atoms with Gasteiger partial charge in [-0.15, -0.1) is 0 Å². The Hall–Kier alpha value is -0.340. The lowest BCUT2D eigenvalue weighted by molar-refractivity contribution is 0.136. The standard InChI is InChI=1S/C7H14O2/c1-3-4-7(8)5-6-9-2/h3-4,7-8H,5-6H2,1-2H3. The summed E-state index contributed by atoms with van der Waals surface area (Å²) >= 11 is 0. The molecule has 0 fully saturated rings. The first-order chi connectivity index (χ1) is 4.31. The molecule has 0 aromatic heterocycles. The van der Waals surface area contributed by atoms with Crippen LogP contribution in [0.3, 0.4) is 0 Å². The summed E-state index contributed by atoms with van der Waals surface area (Å²) < 4.78 is 4.76. The van der Waals surface area contributed by atoms with Crippen LogP contribution in [0.1, 0.15) is 13.3 Å². The molecule has 0 saturated heterocycles. The molecular weight excluding hydrogens is 116 g/mol. The third-order valence-electron chi connectivity index (χ3n) is 1.03. The summed E-state index contributed by atoms with van der Waals surface area (Å²) in [5, 5.41) is 9.01. The zero-order valence-electron chi connectivity index (χ0n) is 6.00. The number of aliphatic hydroxyl groups is 1. The molecule has 0 aliphatic rings. The maximum absolute atomic E-state index is 9.01. The van der Waals surface area contributed by atoms with Gasteiger partial charge in [0.15, 0.2) is 0 Å². The summed E-state index contributed by atoms with van der Waals surface area (Å²) in [7, 11) is 1.63. The highest BCUT2D eigenvalue weighted by Gasteiger charge is 1.94. The molecule has 9 heavy (non-hydrogen) atoms. The summed E-state index contributed by atoms with van der Waals surface area (Å²) in [4.78, 5) is 0. The van der Waals surface area contributed by atoms with Crippen LogP contribution in [-0.4, -0.2) is 24.9 Å². The smallest absolute Gasteiger partial charge is 0.0742 e. The van der Waals surface area contributed by atoms with E-state index >= 15 is 0 Å². The average molecular weight is 130 g/mol. The molecule has 0 heterocycles. The van der Waals surface area contributed by atoms with Gasteiger partial charge in [0, 0.05) is 20.1 Å². The number of aliphatic hydroxyl groups excluding tert-OH is 1. The highest BCUT2D eigenvalue weighted by Crippen LogP contribution is 1.92. The summed E-state index contributed by atoms with van der Waals surface area (Å²) in [6, 6.07) is 0. The quantitative estimate of drug-likeness (QED) is 0.574. The van der Waals surface area contributed by atoms with Gasteiger partial charge < -0.3 is 9.84 Å². The van der Waals surface area contributed by atoms with Gasteiger partial charge in [-0.05, 0) is 6.92 Å². The summed E-state index contributed by atoms with van der Waals surface area (Å²) in [5.74, 6) is 0. The van der Waals surface area contributed by atoms with E-state index in [1.54, 1.807) is 13.2 Å². The Morgan fingerprint density at radius 2 is 2.33 bits per heavy atom. The van der Waals surface area contributed by atoms with E-state index < -0.39 is 0 Å². The van der Waals surface area contributed by atoms with E-state index in [2.05, 4.69) is 0 Å². The summed E-state index contributed by atoms with van der Waals surface area (Å²) in [6.45, 7) is 2.50. The molecule has 0 aromatic rings. The highest BCUT2D eigenvalue weighted by atomic mass is 16.5. The van der Waals surface area contributed by atoms with Crippen molar-refractivity contribution in [2.75, 3.05) is 13.7 Å². The van der Waals surface area contributed by atoms with Crippen molar-refractivity contribution in [2.24, 2.45) is 0 Å². The third kappa shape index (κ3) is 5.53. The summed E-state index contributed by atoms with van der Waals surface area (Å²) in [6.07, 6.45) is 3.93. The highest BCUT2D eigenvalue weighted by molar-refractivity contribution is 4.84. The minimum Gasteiger partial charge on any atom is -0.389 e. The van der Waals surface area contributed by atoms with E-state index in [0.29, 0.717) is 13.0 Å². The molecule has 0 rings (SSSR count). The SMILES string of the molecule is CC=CC(O)CCOC. The van der Waals surface area contributed by atoms with E-state index in [1.165, 1.54) is 0 Å². The van der Waals surface area contributed by atoms with Crippen molar-refractivity contribution in [2.45, 2.75) is 19.4 Å². The van der Waals surface area contributed by atoms with Crippen molar-refractivity contribution in [3.05, 3.63) is 12.2 Å². The topological polar surface area (TPSA) is 29.5 Å². The number of allylic oxidation sites excluding steroid dienone is 1. The van der Waals surface area contributed by atoms with Gasteiger partial charge in [0.2, 0.25) is 0 Å². The van der Waals surface area contributed by atoms with Gasteiger partial charge in [0.1, 0.15) is 0 Å². The Labute approximate surface area is 56.1 Å². The minimum absolute atomic E-state index is 0.338. The van der Waals surface area contributed by atoms with E-state index in [1.807, 2.05) is 13.0 Å². The van der Waals surface area contributed by atoms with Crippen molar-refractivity contribution in [3.63, 3.8) is 0 Å². The molecule has 2 heteroatoms. The number of methoxy groups -OCH3 is 1. The van der Waals surface area contributed by atoms with Crippen molar-refractivity contribution < 1.29 is 9.84 Å². The maximum atomic E-state index is 9.01. The molecule has 0 aliphatic carbocycles. The van der Waals surface area contributed by atoms with Crippen LogP contribution in [0.4, 0.5) is 0 Å². The molecule has 0 spiro atoms. The Morgan fingerprint density at radius 1 is 1.67 bits per heavy atom. The van der Waals surface area contributed by atoms with Gasteiger partial charge >= 0.3 is 0 Å². The molecule has 0 amide bonds. The first-order valence-electron chi connectivity index (χ1n) is 3.11. The number of ether oxygens (including phenoxy) is 1. The fourth-order valence-corrected chi connectivity index (χ4v) is 0.557. The maximum Gasteiger partial charge on any atom is 0.0742 e. The van der Waals surface area contributed by atoms with Crippen molar-refractivity contribution in [3.8, 4) is 0 Å². The first-order valence-corrected chi connectivity index (χ1v) is 3.11. The molecule has 1 unspecified atom stereocenters. The Bertz CT molecular complexity index is 79.0. The molecule has 0 aliphatic heterocycles. The zero-order chi connectivity index (χ0) is 7.11. The van der Waals surface area contributed by atoms with Crippen LogP contribution >= 0.6 is 0 Å². The second kappa shape index (κ2) is 5.79. The van der Waals surface area contributed by atoms with Crippen molar-refractivity contribution >= 4 is 0 Å². The largest absolute Gasteiger partial charge is 0.389 e. The van der Waals surface area contributed by atoms with Crippen LogP contribution in [0.2, 0.25) is 0 Å². The van der Waals surface area contributed by atoms with Gasteiger partial charge in [-0.3, -0.25) is 0 Å². The lowest BCUT2D eigenvalue weighted by Crippen LogP contribution is -2.05. The molecule has 0 radical (unpaired) electrons. The predicted molar refractivity (Wildman–Crippen MR) is 37.3 cm³/mol. The van der Waals surface area contributed by atoms with Crippen LogP contribution in [-0.2, 0) is 4.74 Å². The van der Waals surface area contributed by atoms with Crippen LogP contribution in [0.25, 0.3) is 0 Å². The fourth-order valence-electron chi connectivity index (χ4n) is 0.557. The molecule has 1 N–H and O–H groups in total. The predicted octanol–water partition coefficient (Wildman–Crippen LogP) is 0.960. The molecule has 0 bridgehead atoms. The van der Waals surface area contributed by atoms with E-state index in [0.717, 1.165) is 0 Å². The third-order valence-corrected chi connectivity index (χ3v) is 1.03. The molecule has 0 saturated carbocycles. The molecule has 2 nitrogen and oxygen atoms in total. The molecular formula is C7H14O2. The van der Waals surface area contributed by atoms with E-state index in [9.17, 15) is 0 Å². The fraction of sp³-hybridized carbons (Fsp3) is 0.714. The van der Waals surface area contributed by atoms with Crippen molar-refractivity contribution in [1.82, 2.24) is 0 Å². The van der Waals surface area contributed by atoms with Gasteiger partial charge in [-0.25, -0.2) is 0 Å².